The van der Waals surface area contributed by atoms with Crippen LogP contribution in [0.2, 0.25) is 5.02 Å². The van der Waals surface area contributed by atoms with Crippen LogP contribution in [0.5, 0.6) is 0 Å². The van der Waals surface area contributed by atoms with Gasteiger partial charge in [-0.1, -0.05) is 18.5 Å². The van der Waals surface area contributed by atoms with Crippen molar-refractivity contribution in [3.8, 4) is 0 Å². The van der Waals surface area contributed by atoms with Crippen molar-refractivity contribution in [3.63, 3.8) is 0 Å². The number of aromatic nitrogens is 1. The molecule has 0 saturated heterocycles. The molecule has 74 valence electrons. The number of rotatable bonds is 2. The van der Waals surface area contributed by atoms with Crippen LogP contribution < -0.4 is 5.32 Å². The maximum absolute atomic E-state index is 11.6. The molecule has 0 aliphatic heterocycles. The first-order chi connectivity index (χ1) is 6.62. The molecule has 0 bridgehead atoms. The monoisotopic (exact) mass is 210 g/mol. The number of pyridine rings is 1. The molecule has 1 N–H and O–H groups in total. The number of halogens is 1. The number of hydrogen-bond acceptors (Lipinski definition) is 2. The Bertz CT molecular complexity index is 374. The van der Waals surface area contributed by atoms with E-state index in [9.17, 15) is 4.79 Å². The summed E-state index contributed by atoms with van der Waals surface area (Å²) in [4.78, 5) is 15.6. The van der Waals surface area contributed by atoms with Gasteiger partial charge in [-0.05, 0) is 25.0 Å². The molecule has 0 spiro atoms. The summed E-state index contributed by atoms with van der Waals surface area (Å²) >= 11 is 5.86. The Kier molecular flexibility index (Phi) is 2.19. The van der Waals surface area contributed by atoms with Gasteiger partial charge in [-0.15, -0.1) is 0 Å². The minimum absolute atomic E-state index is 0.0121. The van der Waals surface area contributed by atoms with Gasteiger partial charge in [0.05, 0.1) is 5.02 Å². The van der Waals surface area contributed by atoms with E-state index in [4.69, 9.17) is 11.6 Å². The van der Waals surface area contributed by atoms with Gasteiger partial charge in [0.2, 0.25) is 5.91 Å². The molecule has 0 radical (unpaired) electrons. The number of nitrogens with one attached hydrogen (secondary N) is 1. The van der Waals surface area contributed by atoms with E-state index >= 15 is 0 Å². The van der Waals surface area contributed by atoms with Crippen LogP contribution in [0.3, 0.4) is 0 Å². The Balaban J connectivity index is 2.11. The van der Waals surface area contributed by atoms with Gasteiger partial charge in [0.1, 0.15) is 0 Å². The first-order valence-electron chi connectivity index (χ1n) is 4.54. The molecule has 1 aromatic heterocycles. The van der Waals surface area contributed by atoms with E-state index in [1.54, 1.807) is 18.3 Å². The molecular formula is C10H11ClN2O. The molecule has 2 rings (SSSR count). The van der Waals surface area contributed by atoms with Crippen molar-refractivity contribution in [1.82, 2.24) is 4.98 Å². The van der Waals surface area contributed by atoms with Gasteiger partial charge >= 0.3 is 0 Å². The first kappa shape index (κ1) is 9.46. The Morgan fingerprint density at radius 1 is 1.64 bits per heavy atom. The highest BCUT2D eigenvalue weighted by Crippen LogP contribution is 2.45. The maximum atomic E-state index is 11.6. The summed E-state index contributed by atoms with van der Waals surface area (Å²) in [6.07, 6.45) is 3.50. The lowest BCUT2D eigenvalue weighted by atomic mass is 10.1. The predicted octanol–water partition coefficient (Wildman–Crippen LogP) is 2.47. The number of hydrogen-bond donors (Lipinski definition) is 1. The summed E-state index contributed by atoms with van der Waals surface area (Å²) in [5, 5.41) is 3.21. The van der Waals surface area contributed by atoms with Crippen molar-refractivity contribution in [1.29, 1.82) is 0 Å². The zero-order valence-corrected chi connectivity index (χ0v) is 8.64. The van der Waals surface area contributed by atoms with Gasteiger partial charge in [0.15, 0.2) is 5.82 Å². The quantitative estimate of drug-likeness (QED) is 0.815. The lowest BCUT2D eigenvalue weighted by molar-refractivity contribution is -0.120. The molecule has 14 heavy (non-hydrogen) atoms. The number of carbonyl (C=O) groups excluding carboxylic acids is 1. The molecule has 0 unspecified atom stereocenters. The molecule has 3 nitrogen and oxygen atoms in total. The molecule has 1 aliphatic rings. The van der Waals surface area contributed by atoms with Crippen LogP contribution in [0.4, 0.5) is 5.82 Å². The summed E-state index contributed by atoms with van der Waals surface area (Å²) in [6.45, 7) is 1.94. The standard InChI is InChI=1S/C10H11ClN2O/c1-10(4-5-10)9(14)13-8-7(11)3-2-6-12-8/h2-3,6H,4-5H2,1H3,(H,12,13,14). The molecular weight excluding hydrogens is 200 g/mol. The number of nitrogens with zero attached hydrogens (tertiary/aromatic N) is 1. The Morgan fingerprint density at radius 2 is 2.36 bits per heavy atom. The largest absolute Gasteiger partial charge is 0.309 e. The lowest BCUT2D eigenvalue weighted by Gasteiger charge is -2.09. The van der Waals surface area contributed by atoms with Gasteiger partial charge in [-0.2, -0.15) is 0 Å². The summed E-state index contributed by atoms with van der Waals surface area (Å²) in [7, 11) is 0. The second-order valence-electron chi connectivity index (χ2n) is 3.85. The van der Waals surface area contributed by atoms with Crippen LogP contribution in [0.25, 0.3) is 0 Å². The van der Waals surface area contributed by atoms with Crippen LogP contribution in [-0.2, 0) is 4.79 Å². The van der Waals surface area contributed by atoms with Crippen molar-refractivity contribution in [2.75, 3.05) is 5.32 Å². The van der Waals surface area contributed by atoms with Crippen LogP contribution in [0.15, 0.2) is 18.3 Å². The molecule has 4 heteroatoms. The minimum Gasteiger partial charge on any atom is -0.309 e. The highest BCUT2D eigenvalue weighted by molar-refractivity contribution is 6.33. The minimum atomic E-state index is -0.194. The van der Waals surface area contributed by atoms with Gasteiger partial charge < -0.3 is 5.32 Å². The second-order valence-corrected chi connectivity index (χ2v) is 4.26. The van der Waals surface area contributed by atoms with E-state index < -0.39 is 0 Å². The van der Waals surface area contributed by atoms with Gasteiger partial charge in [0, 0.05) is 11.6 Å². The molecule has 1 saturated carbocycles. The van der Waals surface area contributed by atoms with E-state index in [0.717, 1.165) is 12.8 Å². The van der Waals surface area contributed by atoms with Crippen molar-refractivity contribution >= 4 is 23.3 Å². The van der Waals surface area contributed by atoms with Gasteiger partial charge in [-0.3, -0.25) is 4.79 Å². The van der Waals surface area contributed by atoms with E-state index in [1.807, 2.05) is 6.92 Å². The zero-order chi connectivity index (χ0) is 10.2. The predicted molar refractivity (Wildman–Crippen MR) is 55.2 cm³/mol. The second kappa shape index (κ2) is 3.24. The van der Waals surface area contributed by atoms with Gasteiger partial charge in [0.25, 0.3) is 0 Å². The van der Waals surface area contributed by atoms with Crippen molar-refractivity contribution in [2.24, 2.45) is 5.41 Å². The third-order valence-corrected chi connectivity index (χ3v) is 2.84. The Morgan fingerprint density at radius 3 is 2.93 bits per heavy atom. The fourth-order valence-corrected chi connectivity index (χ4v) is 1.32. The van der Waals surface area contributed by atoms with Crippen LogP contribution in [0, 0.1) is 5.41 Å². The third kappa shape index (κ3) is 1.73. The highest BCUT2D eigenvalue weighted by atomic mass is 35.5. The van der Waals surface area contributed by atoms with E-state index in [2.05, 4.69) is 10.3 Å². The number of anilines is 1. The summed E-state index contributed by atoms with van der Waals surface area (Å²) in [5.74, 6) is 0.463. The Labute approximate surface area is 87.5 Å². The lowest BCUT2D eigenvalue weighted by Crippen LogP contribution is -2.22. The van der Waals surface area contributed by atoms with Crippen molar-refractivity contribution in [2.45, 2.75) is 19.8 Å². The van der Waals surface area contributed by atoms with E-state index in [0.29, 0.717) is 10.8 Å². The molecule has 1 heterocycles. The molecule has 1 aliphatic carbocycles. The normalized spacial score (nSPS) is 17.6. The third-order valence-electron chi connectivity index (χ3n) is 2.54. The van der Waals surface area contributed by atoms with E-state index in [-0.39, 0.29) is 11.3 Å². The summed E-state index contributed by atoms with van der Waals surface area (Å²) in [5.41, 5.74) is -0.194. The maximum Gasteiger partial charge on any atom is 0.231 e. The molecule has 1 amide bonds. The summed E-state index contributed by atoms with van der Waals surface area (Å²) in [6, 6.07) is 3.44. The fraction of sp³-hybridized carbons (Fsp3) is 0.400. The average Bonchev–Trinajstić information content (AvgIpc) is 2.89. The smallest absolute Gasteiger partial charge is 0.231 e. The molecule has 0 aromatic carbocycles. The van der Waals surface area contributed by atoms with Crippen molar-refractivity contribution in [3.05, 3.63) is 23.4 Å². The zero-order valence-electron chi connectivity index (χ0n) is 7.88. The molecule has 1 fully saturated rings. The fourth-order valence-electron chi connectivity index (χ4n) is 1.15. The van der Waals surface area contributed by atoms with Crippen LogP contribution in [-0.4, -0.2) is 10.9 Å². The average molecular weight is 211 g/mol. The highest BCUT2D eigenvalue weighted by Gasteiger charge is 2.45. The van der Waals surface area contributed by atoms with Gasteiger partial charge in [-0.25, -0.2) is 4.98 Å². The Hall–Kier alpha value is -1.09. The summed E-state index contributed by atoms with van der Waals surface area (Å²) < 4.78 is 0. The SMILES string of the molecule is CC1(C(=O)Nc2ncccc2Cl)CC1. The number of carbonyl (C=O) groups is 1. The first-order valence-corrected chi connectivity index (χ1v) is 4.92. The topological polar surface area (TPSA) is 42.0 Å². The van der Waals surface area contributed by atoms with Crippen LogP contribution >= 0.6 is 11.6 Å². The van der Waals surface area contributed by atoms with E-state index in [1.165, 1.54) is 0 Å². The molecule has 1 aromatic rings. The van der Waals surface area contributed by atoms with Crippen molar-refractivity contribution < 1.29 is 4.79 Å². The number of amides is 1. The van der Waals surface area contributed by atoms with Crippen LogP contribution in [0.1, 0.15) is 19.8 Å². The molecule has 0 atom stereocenters.